The summed E-state index contributed by atoms with van der Waals surface area (Å²) in [5.74, 6) is -4.53. The van der Waals surface area contributed by atoms with Crippen LogP contribution < -0.4 is 10.6 Å². The Balaban J connectivity index is 0.000000167. The molecule has 3 N–H and O–H groups in total. The van der Waals surface area contributed by atoms with E-state index in [1.165, 1.54) is 30.3 Å². The molecule has 54 heavy (non-hydrogen) atoms. The molecule has 8 rings (SSSR count). The fourth-order valence-corrected chi connectivity index (χ4v) is 8.92. The first-order valence-electron chi connectivity index (χ1n) is 15.8. The highest BCUT2D eigenvalue weighted by Gasteiger charge is 2.55. The van der Waals surface area contributed by atoms with Crippen LogP contribution in [0.2, 0.25) is 9.36 Å². The lowest BCUT2D eigenvalue weighted by Crippen LogP contribution is -2.47. The van der Waals surface area contributed by atoms with Crippen molar-refractivity contribution >= 4 is 90.9 Å². The number of carbonyl (C=O) groups excluding carboxylic acids is 4. The number of alkyl halides is 2. The predicted molar refractivity (Wildman–Crippen MR) is 205 cm³/mol. The summed E-state index contributed by atoms with van der Waals surface area (Å²) in [6.07, 6.45) is 0. The third-order valence-electron chi connectivity index (χ3n) is 8.84. The molecule has 2 amide bonds. The minimum Gasteiger partial charge on any atom is -0.507 e. The van der Waals surface area contributed by atoms with Crippen LogP contribution in [-0.2, 0) is 20.1 Å². The van der Waals surface area contributed by atoms with Gasteiger partial charge in [-0.15, -0.1) is 11.3 Å². The molecule has 0 bridgehead atoms. The Morgan fingerprint density at radius 2 is 1.31 bits per heavy atom. The minimum absolute atomic E-state index is 0.00616. The first kappa shape index (κ1) is 37.3. The lowest BCUT2D eigenvalue weighted by Gasteiger charge is -2.30. The molecule has 15 heteroatoms. The number of aryl methyl sites for hydroxylation is 1. The van der Waals surface area contributed by atoms with Crippen molar-refractivity contribution in [2.45, 2.75) is 17.5 Å². The van der Waals surface area contributed by atoms with Gasteiger partial charge in [-0.2, -0.15) is 4.39 Å². The van der Waals surface area contributed by atoms with Crippen molar-refractivity contribution in [2.24, 2.45) is 0 Å². The number of benzene rings is 4. The number of ketones is 2. The molecule has 7 nitrogen and oxygen atoms in total. The molecular formula is C39H22Cl3F3N2O5S2. The molecule has 2 aromatic heterocycles. The van der Waals surface area contributed by atoms with E-state index < -0.39 is 44.9 Å². The van der Waals surface area contributed by atoms with E-state index in [9.17, 15) is 33.1 Å². The molecule has 6 aromatic rings. The summed E-state index contributed by atoms with van der Waals surface area (Å²) in [6.45, 7) is 1.82. The van der Waals surface area contributed by atoms with Crippen LogP contribution in [0.15, 0.2) is 97.1 Å². The minimum atomic E-state index is -2.91. The molecule has 4 heterocycles. The topological polar surface area (TPSA) is 113 Å². The van der Waals surface area contributed by atoms with E-state index >= 15 is 4.39 Å². The van der Waals surface area contributed by atoms with Gasteiger partial charge in [0.15, 0.2) is 5.13 Å². The zero-order valence-electron chi connectivity index (χ0n) is 27.4. The number of halogens is 6. The van der Waals surface area contributed by atoms with Gasteiger partial charge in [0.2, 0.25) is 16.4 Å². The number of hydrogen-bond donors (Lipinski definition) is 3. The van der Waals surface area contributed by atoms with E-state index in [2.05, 4.69) is 10.6 Å². The molecule has 272 valence electrons. The highest BCUT2D eigenvalue weighted by Crippen LogP contribution is 2.52. The number of carbonyl (C=O) groups is 4. The number of fused-ring (bicyclic) bond motifs is 2. The molecular weight excluding hydrogens is 804 g/mol. The van der Waals surface area contributed by atoms with Crippen LogP contribution in [-0.4, -0.2) is 28.5 Å². The molecule has 0 saturated heterocycles. The summed E-state index contributed by atoms with van der Waals surface area (Å²) in [6, 6.07) is 23.8. The van der Waals surface area contributed by atoms with Crippen LogP contribution in [0.25, 0.3) is 22.3 Å². The van der Waals surface area contributed by atoms with Gasteiger partial charge in [0.25, 0.3) is 17.5 Å². The molecule has 0 saturated carbocycles. The fourth-order valence-electron chi connectivity index (χ4n) is 6.23. The highest BCUT2D eigenvalue weighted by molar-refractivity contribution is 7.21. The van der Waals surface area contributed by atoms with Gasteiger partial charge in [-0.25, -0.2) is 8.78 Å². The number of thiophene rings is 2. The molecule has 0 radical (unpaired) electrons. The van der Waals surface area contributed by atoms with Gasteiger partial charge in [-0.05, 0) is 42.3 Å². The fraction of sp³-hybridized carbons (Fsp3) is 0.0769. The number of nitrogens with one attached hydrogen (secondary N) is 2. The number of phenols is 1. The first-order valence-corrected chi connectivity index (χ1v) is 18.5. The van der Waals surface area contributed by atoms with Crippen molar-refractivity contribution in [2.75, 3.05) is 10.6 Å². The molecule has 0 fully saturated rings. The molecule has 0 aliphatic carbocycles. The van der Waals surface area contributed by atoms with E-state index in [0.29, 0.717) is 27.5 Å². The van der Waals surface area contributed by atoms with Crippen molar-refractivity contribution in [3.8, 4) is 28.0 Å². The number of phenolic OH excluding ortho intramolecular Hbond substituents is 1. The second-order valence-electron chi connectivity index (χ2n) is 12.2. The molecule has 0 spiro atoms. The van der Waals surface area contributed by atoms with Crippen molar-refractivity contribution in [1.29, 1.82) is 0 Å². The number of amides is 2. The van der Waals surface area contributed by atoms with E-state index in [4.69, 9.17) is 34.8 Å². The van der Waals surface area contributed by atoms with E-state index in [-0.39, 0.29) is 53.5 Å². The summed E-state index contributed by atoms with van der Waals surface area (Å²) in [5.41, 5.74) is -1.19. The van der Waals surface area contributed by atoms with E-state index in [0.717, 1.165) is 29.0 Å². The van der Waals surface area contributed by atoms with Gasteiger partial charge in [-0.3, -0.25) is 19.2 Å². The molecule has 2 aliphatic heterocycles. The maximum absolute atomic E-state index is 15.6. The summed E-state index contributed by atoms with van der Waals surface area (Å²) >= 11 is 20.4. The van der Waals surface area contributed by atoms with Crippen LogP contribution in [0.4, 0.5) is 23.2 Å². The quantitative estimate of drug-likeness (QED) is 0.121. The number of anilines is 2. The molecule has 2 aliphatic rings. The number of aromatic hydroxyl groups is 1. The van der Waals surface area contributed by atoms with Gasteiger partial charge in [-0.1, -0.05) is 118 Å². The number of hydrogen-bond acceptors (Lipinski definition) is 7. The maximum Gasteiger partial charge on any atom is 0.275 e. The second-order valence-corrected chi connectivity index (χ2v) is 15.8. The zero-order chi connectivity index (χ0) is 38.7. The average molecular weight is 826 g/mol. The normalized spacial score (nSPS) is 18.9. The Kier molecular flexibility index (Phi) is 9.69. The Labute approximate surface area is 327 Å². The second kappa shape index (κ2) is 14.0. The van der Waals surface area contributed by atoms with Gasteiger partial charge < -0.3 is 15.7 Å². The van der Waals surface area contributed by atoms with Crippen LogP contribution >= 0.6 is 57.5 Å². The van der Waals surface area contributed by atoms with Crippen LogP contribution in [0.1, 0.15) is 37.4 Å². The molecule has 2 atom stereocenters. The summed E-state index contributed by atoms with van der Waals surface area (Å²) in [7, 11) is 0. The van der Waals surface area contributed by atoms with Crippen molar-refractivity contribution in [1.82, 2.24) is 0 Å². The third kappa shape index (κ3) is 6.08. The summed E-state index contributed by atoms with van der Waals surface area (Å²) < 4.78 is 43.8. The highest BCUT2D eigenvalue weighted by atomic mass is 35.5. The smallest absolute Gasteiger partial charge is 0.275 e. The van der Waals surface area contributed by atoms with Crippen molar-refractivity contribution in [3.05, 3.63) is 145 Å². The summed E-state index contributed by atoms with van der Waals surface area (Å²) in [4.78, 5) is 49.6. The lowest BCUT2D eigenvalue weighted by atomic mass is 9.83. The van der Waals surface area contributed by atoms with Crippen molar-refractivity contribution in [3.63, 3.8) is 0 Å². The van der Waals surface area contributed by atoms with Gasteiger partial charge in [0, 0.05) is 33.3 Å². The Hall–Kier alpha value is -4.98. The SMILES string of the molecule is Cc1cccc(C2(Cl)C(=O)Nc3sc(Cl)c(-c4ccc(F)cc4O)c3C2=O)c1.O=C1Nc2sc(F)c(-c3ccc(Cl)cc3)c2C(=O)C1(F)c1ccccc1. The molecule has 2 unspecified atom stereocenters. The number of Topliss-reactive ketones (excluding diaryl/α,β-unsaturated/α-hetero) is 2. The van der Waals surface area contributed by atoms with Crippen LogP contribution in [0.5, 0.6) is 5.75 Å². The lowest BCUT2D eigenvalue weighted by molar-refractivity contribution is -0.125. The Morgan fingerprint density at radius 3 is 1.98 bits per heavy atom. The largest absolute Gasteiger partial charge is 0.507 e. The summed E-state index contributed by atoms with van der Waals surface area (Å²) in [5, 5.41) is 15.2. The zero-order valence-corrected chi connectivity index (χ0v) is 31.3. The number of rotatable bonds is 4. The van der Waals surface area contributed by atoms with Gasteiger partial charge in [0.1, 0.15) is 25.9 Å². The van der Waals surface area contributed by atoms with Gasteiger partial charge >= 0.3 is 0 Å². The van der Waals surface area contributed by atoms with Crippen molar-refractivity contribution < 1.29 is 37.5 Å². The predicted octanol–water partition coefficient (Wildman–Crippen LogP) is 10.7. The van der Waals surface area contributed by atoms with Crippen LogP contribution in [0.3, 0.4) is 0 Å². The monoisotopic (exact) mass is 824 g/mol. The van der Waals surface area contributed by atoms with Gasteiger partial charge in [0.05, 0.1) is 11.1 Å². The Bertz CT molecular complexity index is 2540. The Morgan fingerprint density at radius 1 is 0.685 bits per heavy atom. The first-order chi connectivity index (χ1) is 25.7. The van der Waals surface area contributed by atoms with E-state index in [1.54, 1.807) is 48.5 Å². The van der Waals surface area contributed by atoms with Crippen LogP contribution in [0, 0.1) is 17.9 Å². The standard InChI is InChI=1S/C20H12Cl2FNO3S.C19H10ClF2NO2S/c1-9-3-2-4-10(7-9)20(22)16(26)15-14(12-6-5-11(23)8-13(12)25)17(21)28-18(15)24-19(20)27;20-12-8-6-10(7-9-12)13-14-15(24)19(22,11-4-2-1-3-5-11)18(25)23-17(14)26-16(13)21/h2-8,25H,1H3,(H,24,27);1-9H,(H,23,25). The average Bonchev–Trinajstić information content (AvgIpc) is 3.65. The third-order valence-corrected chi connectivity index (χ3v) is 11.9. The van der Waals surface area contributed by atoms with E-state index in [1.807, 2.05) is 13.0 Å². The molecule has 4 aromatic carbocycles. The maximum atomic E-state index is 15.6.